The van der Waals surface area contributed by atoms with E-state index in [1.54, 1.807) is 0 Å². The number of likely N-dealkylation sites (N-methyl/N-ethyl adjacent to an activating group) is 1. The summed E-state index contributed by atoms with van der Waals surface area (Å²) in [5.41, 5.74) is 1.97. The summed E-state index contributed by atoms with van der Waals surface area (Å²) in [4.78, 5) is 16.3. The lowest BCUT2D eigenvalue weighted by molar-refractivity contribution is -0.157. The van der Waals surface area contributed by atoms with Crippen molar-refractivity contribution >= 4 is 35.8 Å². The van der Waals surface area contributed by atoms with Gasteiger partial charge in [0.05, 0.1) is 13.2 Å². The van der Waals surface area contributed by atoms with Crippen molar-refractivity contribution in [1.82, 2.24) is 15.5 Å². The van der Waals surface area contributed by atoms with Gasteiger partial charge in [-0.25, -0.2) is 0 Å². The summed E-state index contributed by atoms with van der Waals surface area (Å²) >= 11 is 0. The first-order valence-electron chi connectivity index (χ1n) is 8.13. The molecule has 1 amide bonds. The summed E-state index contributed by atoms with van der Waals surface area (Å²) in [5.74, 6) is 0.369. The van der Waals surface area contributed by atoms with Gasteiger partial charge in [0, 0.05) is 26.2 Å². The molecule has 6 nitrogen and oxygen atoms in total. The number of ether oxygens (including phenoxy) is 1. The molecule has 0 spiro atoms. The van der Waals surface area contributed by atoms with Crippen molar-refractivity contribution in [3.05, 3.63) is 29.3 Å². The Morgan fingerprint density at radius 3 is 2.52 bits per heavy atom. The van der Waals surface area contributed by atoms with E-state index in [-0.39, 0.29) is 30.5 Å². The topological polar surface area (TPSA) is 66.0 Å². The lowest BCUT2D eigenvalue weighted by Crippen LogP contribution is -2.45. The van der Waals surface area contributed by atoms with Gasteiger partial charge in [0.25, 0.3) is 0 Å². The summed E-state index contributed by atoms with van der Waals surface area (Å²) in [5, 5.41) is 5.72. The molecular weight excluding hydrogens is 476 g/mol. The second kappa shape index (κ2) is 11.9. The minimum absolute atomic E-state index is 0. The van der Waals surface area contributed by atoms with E-state index in [0.29, 0.717) is 24.0 Å². The fourth-order valence-electron chi connectivity index (χ4n) is 2.15. The molecule has 0 atom stereocenters. The van der Waals surface area contributed by atoms with Crippen LogP contribution in [0, 0.1) is 6.92 Å². The van der Waals surface area contributed by atoms with Crippen molar-refractivity contribution in [2.45, 2.75) is 26.6 Å². The number of nitrogens with zero attached hydrogens (tertiary/aromatic N) is 2. The molecule has 0 heterocycles. The number of nitrogens with one attached hydrogen (secondary N) is 2. The molecule has 0 fully saturated rings. The first kappa shape index (κ1) is 25.3. The molecule has 154 valence electrons. The predicted octanol–water partition coefficient (Wildman–Crippen LogP) is 2.70. The number of guanidine groups is 1. The van der Waals surface area contributed by atoms with Crippen molar-refractivity contribution in [2.24, 2.45) is 4.99 Å². The number of rotatable bonds is 7. The highest BCUT2D eigenvalue weighted by Crippen LogP contribution is 2.20. The van der Waals surface area contributed by atoms with Crippen LogP contribution in [0.15, 0.2) is 23.2 Å². The number of aliphatic imine (C=N–C) groups is 1. The maximum absolute atomic E-state index is 12.3. The monoisotopic (exact) mass is 502 g/mol. The van der Waals surface area contributed by atoms with E-state index in [9.17, 15) is 18.0 Å². The van der Waals surface area contributed by atoms with Crippen LogP contribution in [-0.4, -0.2) is 56.7 Å². The second-order valence-corrected chi connectivity index (χ2v) is 5.69. The summed E-state index contributed by atoms with van der Waals surface area (Å²) < 4.78 is 42.5. The van der Waals surface area contributed by atoms with Gasteiger partial charge >= 0.3 is 6.18 Å². The molecule has 0 aromatic heterocycles. The average molecular weight is 502 g/mol. The van der Waals surface area contributed by atoms with Gasteiger partial charge < -0.3 is 20.3 Å². The van der Waals surface area contributed by atoms with Crippen LogP contribution < -0.4 is 15.4 Å². The number of amides is 1. The molecule has 1 aromatic carbocycles. The summed E-state index contributed by atoms with van der Waals surface area (Å²) in [6, 6.07) is 5.79. The molecular formula is C17H26F3IN4O2. The second-order valence-electron chi connectivity index (χ2n) is 5.69. The smallest absolute Gasteiger partial charge is 0.406 e. The highest BCUT2D eigenvalue weighted by molar-refractivity contribution is 14.0. The normalized spacial score (nSPS) is 11.4. The SMILES string of the molecule is CCOc1cc(C)ccc1CNC(=NC)NCC(=O)N(C)CC(F)(F)F.I. The van der Waals surface area contributed by atoms with E-state index in [0.717, 1.165) is 23.9 Å². The third-order valence-electron chi connectivity index (χ3n) is 3.44. The zero-order valence-corrected chi connectivity index (χ0v) is 18.1. The molecule has 0 aliphatic heterocycles. The standard InChI is InChI=1S/C17H25F3N4O2.HI/c1-5-26-14-8-12(2)6-7-13(14)9-22-16(21-3)23-10-15(25)24(4)11-17(18,19)20;/h6-8H,5,9-11H2,1-4H3,(H2,21,22,23);1H. The van der Waals surface area contributed by atoms with Crippen molar-refractivity contribution < 1.29 is 22.7 Å². The van der Waals surface area contributed by atoms with Crippen LogP contribution in [0.3, 0.4) is 0 Å². The molecule has 0 aliphatic rings. The molecule has 0 unspecified atom stereocenters. The molecule has 1 rings (SSSR count). The van der Waals surface area contributed by atoms with E-state index in [2.05, 4.69) is 15.6 Å². The van der Waals surface area contributed by atoms with Gasteiger partial charge in [-0.05, 0) is 25.5 Å². The largest absolute Gasteiger partial charge is 0.494 e. The fourth-order valence-corrected chi connectivity index (χ4v) is 2.15. The zero-order valence-electron chi connectivity index (χ0n) is 15.8. The van der Waals surface area contributed by atoms with E-state index in [1.165, 1.54) is 7.05 Å². The molecule has 0 bridgehead atoms. The van der Waals surface area contributed by atoms with E-state index in [4.69, 9.17) is 4.74 Å². The lowest BCUT2D eigenvalue weighted by atomic mass is 10.1. The first-order chi connectivity index (χ1) is 12.2. The maximum Gasteiger partial charge on any atom is 0.406 e. The van der Waals surface area contributed by atoms with Gasteiger partial charge in [-0.15, -0.1) is 24.0 Å². The van der Waals surface area contributed by atoms with E-state index in [1.807, 2.05) is 32.0 Å². The molecule has 0 saturated heterocycles. The third-order valence-corrected chi connectivity index (χ3v) is 3.44. The van der Waals surface area contributed by atoms with Crippen molar-refractivity contribution in [3.63, 3.8) is 0 Å². The fraction of sp³-hybridized carbons (Fsp3) is 0.529. The summed E-state index contributed by atoms with van der Waals surface area (Å²) in [6.07, 6.45) is -4.43. The van der Waals surface area contributed by atoms with E-state index >= 15 is 0 Å². The first-order valence-corrected chi connectivity index (χ1v) is 8.13. The molecule has 27 heavy (non-hydrogen) atoms. The number of halogens is 4. The van der Waals surface area contributed by atoms with Crippen LogP contribution in [0.25, 0.3) is 0 Å². The van der Waals surface area contributed by atoms with Crippen molar-refractivity contribution in [1.29, 1.82) is 0 Å². The number of aryl methyl sites for hydroxylation is 1. The Balaban J connectivity index is 0.00000676. The zero-order chi connectivity index (χ0) is 19.7. The van der Waals surface area contributed by atoms with Crippen LogP contribution in [0.2, 0.25) is 0 Å². The van der Waals surface area contributed by atoms with Crippen LogP contribution in [0.4, 0.5) is 13.2 Å². The average Bonchev–Trinajstić information content (AvgIpc) is 2.55. The molecule has 2 N–H and O–H groups in total. The maximum atomic E-state index is 12.3. The van der Waals surface area contributed by atoms with Gasteiger partial charge in [0.2, 0.25) is 5.91 Å². The molecule has 1 aromatic rings. The Bertz CT molecular complexity index is 639. The Morgan fingerprint density at radius 1 is 1.30 bits per heavy atom. The number of hydrogen-bond donors (Lipinski definition) is 2. The van der Waals surface area contributed by atoms with Gasteiger partial charge in [0.1, 0.15) is 12.3 Å². The van der Waals surface area contributed by atoms with Gasteiger partial charge in [-0.1, -0.05) is 12.1 Å². The number of carbonyl (C=O) groups excluding carboxylic acids is 1. The van der Waals surface area contributed by atoms with Gasteiger partial charge in [0.15, 0.2) is 5.96 Å². The number of hydrogen-bond acceptors (Lipinski definition) is 3. The molecule has 0 aliphatic carbocycles. The van der Waals surface area contributed by atoms with Gasteiger partial charge in [-0.2, -0.15) is 13.2 Å². The van der Waals surface area contributed by atoms with Crippen LogP contribution in [0.5, 0.6) is 5.75 Å². The van der Waals surface area contributed by atoms with Crippen molar-refractivity contribution in [2.75, 3.05) is 33.8 Å². The highest BCUT2D eigenvalue weighted by Gasteiger charge is 2.31. The summed E-state index contributed by atoms with van der Waals surface area (Å²) in [6.45, 7) is 3.19. The number of benzene rings is 1. The quantitative estimate of drug-likeness (QED) is 0.342. The molecule has 10 heteroatoms. The highest BCUT2D eigenvalue weighted by atomic mass is 127. The molecule has 0 saturated carbocycles. The van der Waals surface area contributed by atoms with Crippen LogP contribution in [-0.2, 0) is 11.3 Å². The minimum atomic E-state index is -4.43. The summed E-state index contributed by atoms with van der Waals surface area (Å²) in [7, 11) is 2.62. The lowest BCUT2D eigenvalue weighted by Gasteiger charge is -2.20. The minimum Gasteiger partial charge on any atom is -0.494 e. The van der Waals surface area contributed by atoms with Crippen LogP contribution in [0.1, 0.15) is 18.1 Å². The third kappa shape index (κ3) is 9.68. The number of carbonyl (C=O) groups is 1. The Labute approximate surface area is 174 Å². The molecule has 0 radical (unpaired) electrons. The predicted molar refractivity (Wildman–Crippen MR) is 110 cm³/mol. The van der Waals surface area contributed by atoms with E-state index < -0.39 is 18.6 Å². The Kier molecular flexibility index (Phi) is 11.1. The van der Waals surface area contributed by atoms with Crippen LogP contribution >= 0.6 is 24.0 Å². The van der Waals surface area contributed by atoms with Crippen molar-refractivity contribution in [3.8, 4) is 5.75 Å². The van der Waals surface area contributed by atoms with Gasteiger partial charge in [-0.3, -0.25) is 9.79 Å². The Morgan fingerprint density at radius 2 is 1.96 bits per heavy atom. The Hall–Kier alpha value is -1.72. The number of alkyl halides is 3.